The highest BCUT2D eigenvalue weighted by Gasteiger charge is 2.40. The van der Waals surface area contributed by atoms with Gasteiger partial charge in [0.1, 0.15) is 0 Å². The number of sulfonamides is 1. The molecule has 2 unspecified atom stereocenters. The summed E-state index contributed by atoms with van der Waals surface area (Å²) in [7, 11) is 1.86. The van der Waals surface area contributed by atoms with E-state index < -0.39 is 16.1 Å². The Hall–Kier alpha value is -0.960. The SMILES string of the molecule is CN(C)CC1CC(O)CN1S(=O)(=O)c1cn(C)cn1. The van der Waals surface area contributed by atoms with Gasteiger partial charge in [-0.15, -0.1) is 0 Å². The molecule has 0 spiro atoms. The first-order valence-corrected chi connectivity index (χ1v) is 7.57. The van der Waals surface area contributed by atoms with E-state index in [1.54, 1.807) is 11.6 Å². The molecule has 1 aromatic heterocycles. The predicted octanol–water partition coefficient (Wildman–Crippen LogP) is -0.894. The Morgan fingerprint density at radius 3 is 2.74 bits per heavy atom. The molecule has 1 aromatic rings. The minimum Gasteiger partial charge on any atom is -0.392 e. The van der Waals surface area contributed by atoms with Crippen molar-refractivity contribution < 1.29 is 13.5 Å². The number of hydrogen-bond donors (Lipinski definition) is 1. The van der Waals surface area contributed by atoms with Crippen LogP contribution in [0, 0.1) is 0 Å². The summed E-state index contributed by atoms with van der Waals surface area (Å²) in [5.74, 6) is 0. The van der Waals surface area contributed by atoms with E-state index in [0.29, 0.717) is 13.0 Å². The molecule has 19 heavy (non-hydrogen) atoms. The lowest BCUT2D eigenvalue weighted by molar-refractivity contribution is 0.188. The molecular formula is C11H20N4O3S. The van der Waals surface area contributed by atoms with Crippen LogP contribution in [0.15, 0.2) is 17.6 Å². The highest BCUT2D eigenvalue weighted by atomic mass is 32.2. The molecule has 2 heterocycles. The Balaban J connectivity index is 2.28. The predicted molar refractivity (Wildman–Crippen MR) is 70.1 cm³/mol. The molecule has 0 aromatic carbocycles. The minimum atomic E-state index is -3.63. The van der Waals surface area contributed by atoms with E-state index in [-0.39, 0.29) is 17.6 Å². The fourth-order valence-corrected chi connectivity index (χ4v) is 4.02. The Kier molecular flexibility index (Phi) is 3.95. The lowest BCUT2D eigenvalue weighted by Crippen LogP contribution is -2.41. The second kappa shape index (κ2) is 5.20. The van der Waals surface area contributed by atoms with E-state index in [9.17, 15) is 13.5 Å². The van der Waals surface area contributed by atoms with Crippen molar-refractivity contribution in [3.63, 3.8) is 0 Å². The summed E-state index contributed by atoms with van der Waals surface area (Å²) in [5, 5.41) is 9.78. The Morgan fingerprint density at radius 1 is 1.53 bits per heavy atom. The standard InChI is InChI=1S/C11H20N4O3S/c1-13(2)5-9-4-10(16)6-15(9)19(17,18)11-7-14(3)8-12-11/h7-10,16H,4-6H2,1-3H3. The molecule has 1 saturated heterocycles. The number of rotatable bonds is 4. The summed E-state index contributed by atoms with van der Waals surface area (Å²) in [6, 6.07) is -0.211. The third kappa shape index (κ3) is 2.97. The monoisotopic (exact) mass is 288 g/mol. The van der Waals surface area contributed by atoms with Gasteiger partial charge in [-0.3, -0.25) is 0 Å². The molecule has 0 amide bonds. The maximum absolute atomic E-state index is 12.5. The summed E-state index contributed by atoms with van der Waals surface area (Å²) in [5.41, 5.74) is 0. The first-order chi connectivity index (χ1) is 8.80. The van der Waals surface area contributed by atoms with Crippen molar-refractivity contribution in [2.75, 3.05) is 27.2 Å². The van der Waals surface area contributed by atoms with Gasteiger partial charge in [0, 0.05) is 32.4 Å². The zero-order chi connectivity index (χ0) is 14.2. The number of likely N-dealkylation sites (N-methyl/N-ethyl adjacent to an activating group) is 1. The van der Waals surface area contributed by atoms with E-state index in [1.807, 2.05) is 19.0 Å². The lowest BCUT2D eigenvalue weighted by atomic mass is 10.2. The average molecular weight is 288 g/mol. The van der Waals surface area contributed by atoms with Gasteiger partial charge in [-0.05, 0) is 20.5 Å². The van der Waals surface area contributed by atoms with Crippen LogP contribution in [0.3, 0.4) is 0 Å². The molecule has 1 aliphatic heterocycles. The van der Waals surface area contributed by atoms with Gasteiger partial charge >= 0.3 is 0 Å². The summed E-state index contributed by atoms with van der Waals surface area (Å²) >= 11 is 0. The number of β-amino-alcohol motifs (C(OH)–C–C–N with tert-alkyl or cyclic N) is 1. The second-order valence-electron chi connectivity index (χ2n) is 5.26. The van der Waals surface area contributed by atoms with E-state index in [4.69, 9.17) is 0 Å². The van der Waals surface area contributed by atoms with Crippen LogP contribution < -0.4 is 0 Å². The Labute approximate surface area is 113 Å². The molecule has 108 valence electrons. The molecule has 1 fully saturated rings. The molecule has 0 radical (unpaired) electrons. The van der Waals surface area contributed by atoms with Gasteiger partial charge in [0.2, 0.25) is 0 Å². The van der Waals surface area contributed by atoms with Crippen molar-refractivity contribution in [2.45, 2.75) is 23.6 Å². The van der Waals surface area contributed by atoms with E-state index >= 15 is 0 Å². The number of nitrogens with zero attached hydrogens (tertiary/aromatic N) is 4. The van der Waals surface area contributed by atoms with Gasteiger partial charge in [-0.2, -0.15) is 4.31 Å². The number of hydrogen-bond acceptors (Lipinski definition) is 5. The van der Waals surface area contributed by atoms with E-state index in [0.717, 1.165) is 0 Å². The minimum absolute atomic E-state index is 0.0351. The number of aliphatic hydroxyl groups is 1. The average Bonchev–Trinajstić information content (AvgIpc) is 2.85. The molecule has 1 N–H and O–H groups in total. The first kappa shape index (κ1) is 14.4. The second-order valence-corrected chi connectivity index (χ2v) is 7.10. The van der Waals surface area contributed by atoms with Gasteiger partial charge in [0.15, 0.2) is 5.03 Å². The fraction of sp³-hybridized carbons (Fsp3) is 0.727. The van der Waals surface area contributed by atoms with Crippen LogP contribution in [0.25, 0.3) is 0 Å². The largest absolute Gasteiger partial charge is 0.392 e. The number of aliphatic hydroxyl groups excluding tert-OH is 1. The normalized spacial score (nSPS) is 25.3. The topological polar surface area (TPSA) is 78.7 Å². The quantitative estimate of drug-likeness (QED) is 0.777. The van der Waals surface area contributed by atoms with Gasteiger partial charge in [-0.1, -0.05) is 0 Å². The summed E-state index contributed by atoms with van der Waals surface area (Å²) in [4.78, 5) is 5.83. The number of aryl methyl sites for hydroxylation is 1. The highest BCUT2D eigenvalue weighted by molar-refractivity contribution is 7.89. The van der Waals surface area contributed by atoms with Crippen LogP contribution >= 0.6 is 0 Å². The molecule has 2 rings (SSSR count). The van der Waals surface area contributed by atoms with Crippen molar-refractivity contribution in [2.24, 2.45) is 7.05 Å². The smallest absolute Gasteiger partial charge is 0.262 e. The molecule has 0 bridgehead atoms. The number of imidazole rings is 1. The van der Waals surface area contributed by atoms with Crippen LogP contribution in [0.5, 0.6) is 0 Å². The van der Waals surface area contributed by atoms with E-state index in [2.05, 4.69) is 4.98 Å². The molecule has 1 aliphatic rings. The summed E-state index contributed by atoms with van der Waals surface area (Å²) < 4.78 is 28.0. The molecular weight excluding hydrogens is 268 g/mol. The Bertz CT molecular complexity index is 540. The van der Waals surface area contributed by atoms with Gasteiger partial charge in [-0.25, -0.2) is 13.4 Å². The fourth-order valence-electron chi connectivity index (χ4n) is 2.39. The van der Waals surface area contributed by atoms with Crippen LogP contribution in [0.1, 0.15) is 6.42 Å². The molecule has 8 heteroatoms. The van der Waals surface area contributed by atoms with Crippen molar-refractivity contribution in [1.82, 2.24) is 18.8 Å². The lowest BCUT2D eigenvalue weighted by Gasteiger charge is -2.25. The van der Waals surface area contributed by atoms with Crippen LogP contribution in [-0.2, 0) is 17.1 Å². The molecule has 7 nitrogen and oxygen atoms in total. The van der Waals surface area contributed by atoms with Gasteiger partial charge < -0.3 is 14.6 Å². The molecule has 0 saturated carbocycles. The third-order valence-electron chi connectivity index (χ3n) is 3.17. The van der Waals surface area contributed by atoms with E-state index in [1.165, 1.54) is 16.8 Å². The maximum atomic E-state index is 12.5. The third-order valence-corrected chi connectivity index (χ3v) is 4.98. The highest BCUT2D eigenvalue weighted by Crippen LogP contribution is 2.25. The van der Waals surface area contributed by atoms with Crippen molar-refractivity contribution in [3.8, 4) is 0 Å². The van der Waals surface area contributed by atoms with Gasteiger partial charge in [0.05, 0.1) is 12.4 Å². The van der Waals surface area contributed by atoms with Crippen LogP contribution in [0.4, 0.5) is 0 Å². The molecule has 2 atom stereocenters. The van der Waals surface area contributed by atoms with Crippen molar-refractivity contribution >= 4 is 10.0 Å². The zero-order valence-electron chi connectivity index (χ0n) is 11.4. The summed E-state index contributed by atoms with van der Waals surface area (Å²) in [6.45, 7) is 0.723. The van der Waals surface area contributed by atoms with Gasteiger partial charge in [0.25, 0.3) is 10.0 Å². The zero-order valence-corrected chi connectivity index (χ0v) is 12.2. The number of aromatic nitrogens is 2. The van der Waals surface area contributed by atoms with Crippen LogP contribution in [-0.4, -0.2) is 71.6 Å². The van der Waals surface area contributed by atoms with Crippen LogP contribution in [0.2, 0.25) is 0 Å². The molecule has 0 aliphatic carbocycles. The first-order valence-electron chi connectivity index (χ1n) is 6.13. The Morgan fingerprint density at radius 2 is 2.21 bits per heavy atom. The van der Waals surface area contributed by atoms with Crippen molar-refractivity contribution in [1.29, 1.82) is 0 Å². The van der Waals surface area contributed by atoms with Crippen molar-refractivity contribution in [3.05, 3.63) is 12.5 Å². The summed E-state index contributed by atoms with van der Waals surface area (Å²) in [6.07, 6.45) is 2.79. The maximum Gasteiger partial charge on any atom is 0.262 e.